The summed E-state index contributed by atoms with van der Waals surface area (Å²) in [4.78, 5) is 7.94. The van der Waals surface area contributed by atoms with Crippen LogP contribution in [0.3, 0.4) is 0 Å². The lowest BCUT2D eigenvalue weighted by Crippen LogP contribution is -2.43. The van der Waals surface area contributed by atoms with Gasteiger partial charge in [-0.05, 0) is 36.7 Å². The molecule has 26 heavy (non-hydrogen) atoms. The molecule has 0 radical (unpaired) electrons. The minimum absolute atomic E-state index is 0. The van der Waals surface area contributed by atoms with E-state index in [2.05, 4.69) is 90.2 Å². The number of rotatable bonds is 7. The van der Waals surface area contributed by atoms with Gasteiger partial charge in [-0.2, -0.15) is 0 Å². The van der Waals surface area contributed by atoms with E-state index in [1.165, 1.54) is 16.0 Å². The highest BCUT2D eigenvalue weighted by Crippen LogP contribution is 2.26. The predicted molar refractivity (Wildman–Crippen MR) is 125 cm³/mol. The summed E-state index contributed by atoms with van der Waals surface area (Å²) in [5.74, 6) is 0.837. The van der Waals surface area contributed by atoms with E-state index in [9.17, 15) is 0 Å². The summed E-state index contributed by atoms with van der Waals surface area (Å²) in [7, 11) is 6.01. The van der Waals surface area contributed by atoms with Crippen molar-refractivity contribution in [1.29, 1.82) is 0 Å². The zero-order valence-corrected chi connectivity index (χ0v) is 19.5. The zero-order chi connectivity index (χ0) is 18.3. The van der Waals surface area contributed by atoms with Crippen LogP contribution < -0.4 is 10.6 Å². The summed E-state index contributed by atoms with van der Waals surface area (Å²) in [6.45, 7) is 7.06. The average molecular weight is 486 g/mol. The smallest absolute Gasteiger partial charge is 0.191 e. The van der Waals surface area contributed by atoms with Gasteiger partial charge in [0.25, 0.3) is 0 Å². The summed E-state index contributed by atoms with van der Waals surface area (Å²) < 4.78 is 0. The van der Waals surface area contributed by atoms with E-state index >= 15 is 0 Å². The Morgan fingerprint density at radius 3 is 2.35 bits per heavy atom. The molecular formula is C20H31IN4S. The molecule has 0 aliphatic carbocycles. The van der Waals surface area contributed by atoms with Crippen LogP contribution in [0.5, 0.6) is 0 Å². The van der Waals surface area contributed by atoms with Crippen LogP contribution in [-0.4, -0.2) is 38.5 Å². The van der Waals surface area contributed by atoms with Gasteiger partial charge in [0.2, 0.25) is 0 Å². The summed E-state index contributed by atoms with van der Waals surface area (Å²) in [6, 6.07) is 12.9. The minimum atomic E-state index is 0. The van der Waals surface area contributed by atoms with Crippen molar-refractivity contribution < 1.29 is 0 Å². The number of halogens is 1. The molecule has 0 amide bonds. The molecule has 0 aliphatic rings. The molecule has 2 N–H and O–H groups in total. The molecule has 1 aromatic carbocycles. The number of guanidine groups is 1. The molecule has 0 fully saturated rings. The van der Waals surface area contributed by atoms with Gasteiger partial charge in [0, 0.05) is 37.0 Å². The second-order valence-electron chi connectivity index (χ2n) is 7.15. The standard InChI is InChI=1S/C20H30N4S.HI/c1-20(2,18-11-8-12-25-18)15-23-19(21-3)22-13-16-9-6-7-10-17(16)14-24(4)5;/h6-12H,13-15H2,1-5H3,(H2,21,22,23);1H. The van der Waals surface area contributed by atoms with Gasteiger partial charge in [-0.1, -0.05) is 44.2 Å². The molecule has 0 spiro atoms. The normalized spacial score (nSPS) is 12.0. The van der Waals surface area contributed by atoms with Crippen molar-refractivity contribution in [2.75, 3.05) is 27.7 Å². The highest BCUT2D eigenvalue weighted by atomic mass is 127. The van der Waals surface area contributed by atoms with E-state index in [1.807, 2.05) is 7.05 Å². The quantitative estimate of drug-likeness (QED) is 0.352. The summed E-state index contributed by atoms with van der Waals surface area (Å²) >= 11 is 1.80. The predicted octanol–water partition coefficient (Wildman–Crippen LogP) is 4.07. The minimum Gasteiger partial charge on any atom is -0.356 e. The van der Waals surface area contributed by atoms with Crippen molar-refractivity contribution in [2.45, 2.75) is 32.4 Å². The van der Waals surface area contributed by atoms with Gasteiger partial charge in [0.05, 0.1) is 0 Å². The van der Waals surface area contributed by atoms with Crippen LogP contribution in [0, 0.1) is 0 Å². The molecule has 6 heteroatoms. The fraction of sp³-hybridized carbons (Fsp3) is 0.450. The molecule has 0 saturated heterocycles. The first-order valence-corrected chi connectivity index (χ1v) is 9.50. The van der Waals surface area contributed by atoms with E-state index in [0.29, 0.717) is 0 Å². The number of hydrogen-bond donors (Lipinski definition) is 2. The second-order valence-corrected chi connectivity index (χ2v) is 8.09. The molecule has 0 unspecified atom stereocenters. The Morgan fingerprint density at radius 2 is 1.77 bits per heavy atom. The van der Waals surface area contributed by atoms with Crippen molar-refractivity contribution in [3.05, 3.63) is 57.8 Å². The van der Waals surface area contributed by atoms with Crippen LogP contribution in [0.15, 0.2) is 46.8 Å². The maximum absolute atomic E-state index is 4.37. The van der Waals surface area contributed by atoms with Gasteiger partial charge in [-0.3, -0.25) is 4.99 Å². The van der Waals surface area contributed by atoms with Crippen molar-refractivity contribution in [2.24, 2.45) is 4.99 Å². The van der Waals surface area contributed by atoms with E-state index in [1.54, 1.807) is 11.3 Å². The first-order chi connectivity index (χ1) is 11.9. The van der Waals surface area contributed by atoms with Crippen molar-refractivity contribution >= 4 is 41.3 Å². The van der Waals surface area contributed by atoms with Gasteiger partial charge in [-0.15, -0.1) is 35.3 Å². The van der Waals surface area contributed by atoms with Crippen molar-refractivity contribution in [3.63, 3.8) is 0 Å². The third-order valence-electron chi connectivity index (χ3n) is 4.16. The Balaban J connectivity index is 0.00000338. The van der Waals surface area contributed by atoms with Gasteiger partial charge in [-0.25, -0.2) is 0 Å². The van der Waals surface area contributed by atoms with Gasteiger partial charge < -0.3 is 15.5 Å². The lowest BCUT2D eigenvalue weighted by molar-refractivity contribution is 0.400. The van der Waals surface area contributed by atoms with E-state index < -0.39 is 0 Å². The van der Waals surface area contributed by atoms with Crippen LogP contribution in [0.4, 0.5) is 0 Å². The largest absolute Gasteiger partial charge is 0.356 e. The highest BCUT2D eigenvalue weighted by molar-refractivity contribution is 14.0. The maximum Gasteiger partial charge on any atom is 0.191 e. The molecule has 1 aromatic heterocycles. The third-order valence-corrected chi connectivity index (χ3v) is 5.40. The van der Waals surface area contributed by atoms with Crippen molar-refractivity contribution in [1.82, 2.24) is 15.5 Å². The second kappa shape index (κ2) is 10.9. The Kier molecular flexibility index (Phi) is 9.60. The Labute approximate surface area is 179 Å². The van der Waals surface area contributed by atoms with Gasteiger partial charge in [0.1, 0.15) is 0 Å². The van der Waals surface area contributed by atoms with Crippen LogP contribution >= 0.6 is 35.3 Å². The number of aliphatic imine (C=N–C) groups is 1. The molecule has 4 nitrogen and oxygen atoms in total. The monoisotopic (exact) mass is 486 g/mol. The van der Waals surface area contributed by atoms with E-state index in [4.69, 9.17) is 0 Å². The molecule has 1 heterocycles. The fourth-order valence-corrected chi connectivity index (χ4v) is 3.53. The van der Waals surface area contributed by atoms with Gasteiger partial charge >= 0.3 is 0 Å². The first kappa shape index (κ1) is 22.9. The number of nitrogens with zero attached hydrogens (tertiary/aromatic N) is 2. The molecule has 0 saturated carbocycles. The maximum atomic E-state index is 4.37. The van der Waals surface area contributed by atoms with Crippen LogP contribution in [-0.2, 0) is 18.5 Å². The lowest BCUT2D eigenvalue weighted by Gasteiger charge is -2.25. The molecule has 2 rings (SSSR count). The molecule has 0 atom stereocenters. The third kappa shape index (κ3) is 6.89. The number of hydrogen-bond acceptors (Lipinski definition) is 3. The van der Waals surface area contributed by atoms with Crippen LogP contribution in [0.2, 0.25) is 0 Å². The molecule has 144 valence electrons. The summed E-state index contributed by atoms with van der Waals surface area (Å²) in [6.07, 6.45) is 0. The topological polar surface area (TPSA) is 39.7 Å². The Bertz CT molecular complexity index is 681. The van der Waals surface area contributed by atoms with E-state index in [-0.39, 0.29) is 29.4 Å². The molecule has 2 aromatic rings. The highest BCUT2D eigenvalue weighted by Gasteiger charge is 2.21. The first-order valence-electron chi connectivity index (χ1n) is 8.62. The average Bonchev–Trinajstić information content (AvgIpc) is 3.11. The number of thiophene rings is 1. The lowest BCUT2D eigenvalue weighted by atomic mass is 9.91. The number of benzene rings is 1. The molecule has 0 bridgehead atoms. The van der Waals surface area contributed by atoms with Crippen LogP contribution in [0.25, 0.3) is 0 Å². The number of nitrogens with one attached hydrogen (secondary N) is 2. The SMILES string of the molecule is CN=C(NCc1ccccc1CN(C)C)NCC(C)(C)c1cccs1.I. The van der Waals surface area contributed by atoms with E-state index in [0.717, 1.165) is 25.6 Å². The Hall–Kier alpha value is -1.12. The van der Waals surface area contributed by atoms with Crippen molar-refractivity contribution in [3.8, 4) is 0 Å². The Morgan fingerprint density at radius 1 is 1.08 bits per heavy atom. The van der Waals surface area contributed by atoms with Crippen LogP contribution in [0.1, 0.15) is 29.9 Å². The molecule has 0 aliphatic heterocycles. The summed E-state index contributed by atoms with van der Waals surface area (Å²) in [5.41, 5.74) is 2.72. The van der Waals surface area contributed by atoms with Gasteiger partial charge in [0.15, 0.2) is 5.96 Å². The molecular weight excluding hydrogens is 455 g/mol. The zero-order valence-electron chi connectivity index (χ0n) is 16.4. The fourth-order valence-electron chi connectivity index (χ4n) is 2.68. The summed E-state index contributed by atoms with van der Waals surface area (Å²) in [5, 5.41) is 9.04.